The molecule has 1 heterocycles. The van der Waals surface area contributed by atoms with Crippen molar-refractivity contribution in [2.45, 2.75) is 19.8 Å². The fraction of sp³-hybridized carbons (Fsp3) is 0.308. The first-order chi connectivity index (χ1) is 8.28. The lowest BCUT2D eigenvalue weighted by Gasteiger charge is -2.04. The summed E-state index contributed by atoms with van der Waals surface area (Å²) in [5, 5.41) is 2.66. The molecule has 2 aromatic rings. The molecule has 0 saturated heterocycles. The van der Waals surface area contributed by atoms with Gasteiger partial charge in [-0.3, -0.25) is 0 Å². The average molecular weight is 248 g/mol. The van der Waals surface area contributed by atoms with E-state index < -0.39 is 0 Å². The van der Waals surface area contributed by atoms with Crippen LogP contribution in [0.5, 0.6) is 5.75 Å². The standard InChI is InChI=1S/C13H16N2OS/c1-2-16-12-7-4-10(5-8-12)3-6-11-9-17-13(14)15-11/h4-5,7-9H,2-3,6H2,1H3,(H2,14,15). The third kappa shape index (κ3) is 3.46. The van der Waals surface area contributed by atoms with E-state index in [0.717, 1.165) is 24.3 Å². The van der Waals surface area contributed by atoms with Gasteiger partial charge in [-0.2, -0.15) is 0 Å². The van der Waals surface area contributed by atoms with Crippen molar-refractivity contribution in [1.29, 1.82) is 0 Å². The first-order valence-corrected chi connectivity index (χ1v) is 6.57. The molecule has 2 N–H and O–H groups in total. The second kappa shape index (κ2) is 5.68. The lowest BCUT2D eigenvalue weighted by molar-refractivity contribution is 0.340. The van der Waals surface area contributed by atoms with Crippen LogP contribution >= 0.6 is 11.3 Å². The molecule has 3 nitrogen and oxygen atoms in total. The lowest BCUT2D eigenvalue weighted by atomic mass is 10.1. The molecule has 0 amide bonds. The molecule has 4 heteroatoms. The average Bonchev–Trinajstić information content (AvgIpc) is 2.75. The first kappa shape index (κ1) is 11.9. The number of anilines is 1. The molecular formula is C13H16N2OS. The molecule has 1 aromatic carbocycles. The SMILES string of the molecule is CCOc1ccc(CCc2csc(N)n2)cc1. The molecule has 0 spiro atoms. The largest absolute Gasteiger partial charge is 0.494 e. The van der Waals surface area contributed by atoms with Crippen LogP contribution in [0.3, 0.4) is 0 Å². The maximum absolute atomic E-state index is 5.59. The van der Waals surface area contributed by atoms with Crippen LogP contribution < -0.4 is 10.5 Å². The molecule has 0 saturated carbocycles. The van der Waals surface area contributed by atoms with Gasteiger partial charge in [-0.05, 0) is 37.5 Å². The molecule has 1 aromatic heterocycles. The molecule has 0 atom stereocenters. The van der Waals surface area contributed by atoms with Crippen molar-refractivity contribution in [1.82, 2.24) is 4.98 Å². The van der Waals surface area contributed by atoms with Crippen LogP contribution in [0.2, 0.25) is 0 Å². The van der Waals surface area contributed by atoms with Crippen LogP contribution in [0.1, 0.15) is 18.2 Å². The Hall–Kier alpha value is -1.55. The Bertz CT molecular complexity index is 465. The second-order valence-electron chi connectivity index (χ2n) is 3.75. The molecule has 90 valence electrons. The number of thiazole rings is 1. The van der Waals surface area contributed by atoms with Gasteiger partial charge in [0.05, 0.1) is 12.3 Å². The molecule has 2 rings (SSSR count). The van der Waals surface area contributed by atoms with Gasteiger partial charge in [0.15, 0.2) is 5.13 Å². The molecule has 0 aliphatic rings. The summed E-state index contributed by atoms with van der Waals surface area (Å²) in [4.78, 5) is 4.24. The number of benzene rings is 1. The van der Waals surface area contributed by atoms with Gasteiger partial charge in [-0.15, -0.1) is 11.3 Å². The Balaban J connectivity index is 1.90. The van der Waals surface area contributed by atoms with Crippen molar-refractivity contribution in [2.75, 3.05) is 12.3 Å². The van der Waals surface area contributed by atoms with E-state index >= 15 is 0 Å². The minimum absolute atomic E-state index is 0.645. The van der Waals surface area contributed by atoms with Gasteiger partial charge < -0.3 is 10.5 Å². The summed E-state index contributed by atoms with van der Waals surface area (Å²) >= 11 is 1.50. The third-order valence-electron chi connectivity index (χ3n) is 2.47. The van der Waals surface area contributed by atoms with Crippen LogP contribution in [0.25, 0.3) is 0 Å². The Morgan fingerprint density at radius 1 is 1.24 bits per heavy atom. The quantitative estimate of drug-likeness (QED) is 0.885. The zero-order valence-corrected chi connectivity index (χ0v) is 10.7. The molecule has 17 heavy (non-hydrogen) atoms. The van der Waals surface area contributed by atoms with Crippen LogP contribution in [0, 0.1) is 0 Å². The predicted octanol–water partition coefficient (Wildman–Crippen LogP) is 2.91. The highest BCUT2D eigenvalue weighted by molar-refractivity contribution is 7.13. The summed E-state index contributed by atoms with van der Waals surface area (Å²) in [5.74, 6) is 0.925. The highest BCUT2D eigenvalue weighted by Gasteiger charge is 2.00. The van der Waals surface area contributed by atoms with Crippen LogP contribution in [0.4, 0.5) is 5.13 Å². The third-order valence-corrected chi connectivity index (χ3v) is 3.20. The van der Waals surface area contributed by atoms with Gasteiger partial charge in [0.25, 0.3) is 0 Å². The monoisotopic (exact) mass is 248 g/mol. The first-order valence-electron chi connectivity index (χ1n) is 5.69. The summed E-state index contributed by atoms with van der Waals surface area (Å²) < 4.78 is 5.40. The number of aromatic nitrogens is 1. The lowest BCUT2D eigenvalue weighted by Crippen LogP contribution is -1.94. The molecule has 0 unspecified atom stereocenters. The maximum atomic E-state index is 5.59. The van der Waals surface area contributed by atoms with Crippen LogP contribution in [-0.4, -0.2) is 11.6 Å². The molecule has 0 aliphatic carbocycles. The minimum atomic E-state index is 0.645. The minimum Gasteiger partial charge on any atom is -0.494 e. The number of nitrogens with two attached hydrogens (primary N) is 1. The zero-order valence-electron chi connectivity index (χ0n) is 9.85. The fourth-order valence-corrected chi connectivity index (χ4v) is 2.23. The van der Waals surface area contributed by atoms with E-state index in [9.17, 15) is 0 Å². The highest BCUT2D eigenvalue weighted by atomic mass is 32.1. The Morgan fingerprint density at radius 3 is 2.59 bits per heavy atom. The predicted molar refractivity (Wildman–Crippen MR) is 71.5 cm³/mol. The van der Waals surface area contributed by atoms with Gasteiger partial charge in [0.2, 0.25) is 0 Å². The number of rotatable bonds is 5. The summed E-state index contributed by atoms with van der Waals surface area (Å²) in [6.07, 6.45) is 1.91. The van der Waals surface area contributed by atoms with E-state index in [1.165, 1.54) is 16.9 Å². The summed E-state index contributed by atoms with van der Waals surface area (Å²) in [6, 6.07) is 8.21. The number of nitrogen functional groups attached to an aromatic ring is 1. The van der Waals surface area contributed by atoms with Gasteiger partial charge >= 0.3 is 0 Å². The summed E-state index contributed by atoms with van der Waals surface area (Å²) in [7, 11) is 0. The van der Waals surface area contributed by atoms with Crippen molar-refractivity contribution in [2.24, 2.45) is 0 Å². The van der Waals surface area contributed by atoms with Crippen molar-refractivity contribution < 1.29 is 4.74 Å². The normalized spacial score (nSPS) is 10.4. The molecule has 0 bridgehead atoms. The number of aryl methyl sites for hydroxylation is 2. The van der Waals surface area contributed by atoms with Crippen molar-refractivity contribution in [3.8, 4) is 5.75 Å². The molecule has 0 aliphatic heterocycles. The summed E-state index contributed by atoms with van der Waals surface area (Å²) in [5.41, 5.74) is 7.95. The Morgan fingerprint density at radius 2 is 2.00 bits per heavy atom. The smallest absolute Gasteiger partial charge is 0.180 e. The Labute approximate surface area is 105 Å². The number of ether oxygens (including phenoxy) is 1. The highest BCUT2D eigenvalue weighted by Crippen LogP contribution is 2.16. The topological polar surface area (TPSA) is 48.1 Å². The molecule has 0 radical (unpaired) electrons. The number of hydrogen-bond donors (Lipinski definition) is 1. The van der Waals surface area contributed by atoms with Crippen molar-refractivity contribution in [3.63, 3.8) is 0 Å². The summed E-state index contributed by atoms with van der Waals surface area (Å²) in [6.45, 7) is 2.69. The van der Waals surface area contributed by atoms with E-state index in [2.05, 4.69) is 17.1 Å². The van der Waals surface area contributed by atoms with Crippen molar-refractivity contribution >= 4 is 16.5 Å². The van der Waals surface area contributed by atoms with Crippen LogP contribution in [-0.2, 0) is 12.8 Å². The van der Waals surface area contributed by atoms with Gasteiger partial charge in [0.1, 0.15) is 5.75 Å². The maximum Gasteiger partial charge on any atom is 0.180 e. The van der Waals surface area contributed by atoms with Crippen molar-refractivity contribution in [3.05, 3.63) is 40.9 Å². The molecule has 0 fully saturated rings. The number of nitrogens with zero attached hydrogens (tertiary/aromatic N) is 1. The van der Waals surface area contributed by atoms with Gasteiger partial charge in [-0.25, -0.2) is 4.98 Å². The van der Waals surface area contributed by atoms with Gasteiger partial charge in [-0.1, -0.05) is 12.1 Å². The Kier molecular flexibility index (Phi) is 3.98. The second-order valence-corrected chi connectivity index (χ2v) is 4.64. The molecular weight excluding hydrogens is 232 g/mol. The van der Waals surface area contributed by atoms with Crippen LogP contribution in [0.15, 0.2) is 29.6 Å². The van der Waals surface area contributed by atoms with Gasteiger partial charge in [0, 0.05) is 5.38 Å². The van der Waals surface area contributed by atoms with E-state index in [0.29, 0.717) is 11.7 Å². The van der Waals surface area contributed by atoms with E-state index in [1.807, 2.05) is 24.4 Å². The zero-order chi connectivity index (χ0) is 12.1. The van der Waals surface area contributed by atoms with E-state index in [-0.39, 0.29) is 0 Å². The fourth-order valence-electron chi connectivity index (χ4n) is 1.63. The van der Waals surface area contributed by atoms with E-state index in [1.54, 1.807) is 0 Å². The van der Waals surface area contributed by atoms with E-state index in [4.69, 9.17) is 10.5 Å². The number of hydrogen-bond acceptors (Lipinski definition) is 4.